The average molecular weight is 526 g/mol. The molecular formula is C33H51NO4. The number of amides is 1. The first-order chi connectivity index (χ1) is 18.2. The van der Waals surface area contributed by atoms with Crippen molar-refractivity contribution in [2.24, 2.45) is 46.3 Å². The molecule has 0 spiro atoms. The van der Waals surface area contributed by atoms with Crippen molar-refractivity contribution in [3.05, 3.63) is 29.8 Å². The average Bonchev–Trinajstić information content (AvgIpc) is 3.26. The molecule has 0 unspecified atom stereocenters. The van der Waals surface area contributed by atoms with Gasteiger partial charge < -0.3 is 20.3 Å². The van der Waals surface area contributed by atoms with Gasteiger partial charge in [0.1, 0.15) is 5.75 Å². The molecule has 38 heavy (non-hydrogen) atoms. The van der Waals surface area contributed by atoms with Crippen LogP contribution >= 0.6 is 0 Å². The maximum Gasteiger partial charge on any atom is 0.220 e. The van der Waals surface area contributed by atoms with E-state index in [1.54, 1.807) is 7.11 Å². The maximum absolute atomic E-state index is 12.7. The molecule has 4 saturated carbocycles. The van der Waals surface area contributed by atoms with E-state index in [4.69, 9.17) is 4.74 Å². The quantitative estimate of drug-likeness (QED) is 0.403. The Morgan fingerprint density at radius 1 is 1.03 bits per heavy atom. The molecule has 1 aromatic carbocycles. The first-order valence-electron chi connectivity index (χ1n) is 15.4. The van der Waals surface area contributed by atoms with Crippen LogP contribution in [0.1, 0.15) is 90.5 Å². The van der Waals surface area contributed by atoms with Crippen molar-refractivity contribution >= 4 is 5.91 Å². The van der Waals surface area contributed by atoms with Crippen LogP contribution in [0.15, 0.2) is 24.3 Å². The Labute approximate surface area is 230 Å². The molecule has 0 heterocycles. The summed E-state index contributed by atoms with van der Waals surface area (Å²) in [5, 5.41) is 24.9. The van der Waals surface area contributed by atoms with Gasteiger partial charge in [-0.3, -0.25) is 4.79 Å². The van der Waals surface area contributed by atoms with Crippen LogP contribution in [0.3, 0.4) is 0 Å². The molecule has 5 heteroatoms. The van der Waals surface area contributed by atoms with Gasteiger partial charge in [0.05, 0.1) is 19.3 Å². The van der Waals surface area contributed by atoms with Crippen LogP contribution in [-0.2, 0) is 11.2 Å². The fraction of sp³-hybridized carbons (Fsp3) is 0.788. The second-order valence-corrected chi connectivity index (χ2v) is 13.9. The summed E-state index contributed by atoms with van der Waals surface area (Å²) in [5.74, 6) is 4.21. The fourth-order valence-corrected chi connectivity index (χ4v) is 9.96. The highest BCUT2D eigenvalue weighted by atomic mass is 16.5. The van der Waals surface area contributed by atoms with Gasteiger partial charge in [0, 0.05) is 13.0 Å². The van der Waals surface area contributed by atoms with Crippen LogP contribution in [0.5, 0.6) is 5.75 Å². The highest BCUT2D eigenvalue weighted by Crippen LogP contribution is 2.68. The number of hydrogen-bond donors (Lipinski definition) is 3. The minimum absolute atomic E-state index is 0.162. The molecule has 0 aliphatic heterocycles. The Kier molecular flexibility index (Phi) is 8.18. The van der Waals surface area contributed by atoms with E-state index in [-0.39, 0.29) is 28.9 Å². The molecule has 4 aliphatic carbocycles. The minimum atomic E-state index is -0.224. The minimum Gasteiger partial charge on any atom is -0.497 e. The largest absolute Gasteiger partial charge is 0.497 e. The first-order valence-corrected chi connectivity index (χ1v) is 15.4. The van der Waals surface area contributed by atoms with Gasteiger partial charge in [-0.1, -0.05) is 32.9 Å². The van der Waals surface area contributed by atoms with E-state index < -0.39 is 0 Å². The SMILES string of the molecule is COc1ccc(CCNC(=O)CC[C@@H](C)[C@H]2CC[C@H]3[C@@H]4[C@@H](O)C[C@@H]5C[C@H](O)CC[C@]5(C)[C@H]4CC[C@]23C)cc1. The number of nitrogens with one attached hydrogen (secondary N) is 1. The molecule has 0 saturated heterocycles. The van der Waals surface area contributed by atoms with Crippen LogP contribution in [0.2, 0.25) is 0 Å². The van der Waals surface area contributed by atoms with E-state index >= 15 is 0 Å². The predicted octanol–water partition coefficient (Wildman–Crippen LogP) is 5.76. The zero-order valence-corrected chi connectivity index (χ0v) is 24.1. The van der Waals surface area contributed by atoms with E-state index in [1.165, 1.54) is 31.2 Å². The van der Waals surface area contributed by atoms with Gasteiger partial charge in [-0.05, 0) is 128 Å². The number of carbonyl (C=O) groups is 1. The van der Waals surface area contributed by atoms with E-state index in [2.05, 4.69) is 38.2 Å². The lowest BCUT2D eigenvalue weighted by atomic mass is 9.43. The standard InChI is InChI=1S/C33H51NO4/c1-21(5-12-30(37)34-18-15-22-6-8-25(38-4)9-7-22)26-10-11-27-31-28(14-17-33(26,27)3)32(2)16-13-24(35)19-23(32)20-29(31)36/h6-9,21,23-24,26-29,31,35-36H,5,10-20H2,1-4H3,(H,34,37)/t21-,23+,24-,26-,27+,28+,29+,31+,32+,33-/m1/s1. The number of rotatable bonds is 8. The second kappa shape index (κ2) is 11.1. The van der Waals surface area contributed by atoms with Crippen molar-refractivity contribution in [2.75, 3.05) is 13.7 Å². The lowest BCUT2D eigenvalue weighted by molar-refractivity contribution is -0.174. The van der Waals surface area contributed by atoms with E-state index in [9.17, 15) is 15.0 Å². The molecule has 0 bridgehead atoms. The summed E-state index contributed by atoms with van der Waals surface area (Å²) in [6, 6.07) is 8.04. The van der Waals surface area contributed by atoms with Gasteiger partial charge in [-0.15, -0.1) is 0 Å². The van der Waals surface area contributed by atoms with Crippen LogP contribution < -0.4 is 10.1 Å². The molecule has 5 nitrogen and oxygen atoms in total. The number of ether oxygens (including phenoxy) is 1. The summed E-state index contributed by atoms with van der Waals surface area (Å²) in [7, 11) is 1.67. The Balaban J connectivity index is 1.14. The van der Waals surface area contributed by atoms with Gasteiger partial charge in [0.25, 0.3) is 0 Å². The van der Waals surface area contributed by atoms with Crippen molar-refractivity contribution in [1.29, 1.82) is 0 Å². The maximum atomic E-state index is 12.7. The normalized spacial score (nSPS) is 40.9. The number of aliphatic hydroxyl groups excluding tert-OH is 2. The monoisotopic (exact) mass is 525 g/mol. The summed E-state index contributed by atoms with van der Waals surface area (Å²) in [4.78, 5) is 12.7. The van der Waals surface area contributed by atoms with Crippen LogP contribution in [0.25, 0.3) is 0 Å². The molecule has 212 valence electrons. The van der Waals surface area contributed by atoms with Gasteiger partial charge in [-0.2, -0.15) is 0 Å². The molecule has 0 radical (unpaired) electrons. The molecule has 4 aliphatic rings. The smallest absolute Gasteiger partial charge is 0.220 e. The summed E-state index contributed by atoms with van der Waals surface area (Å²) in [6.07, 6.45) is 10.7. The Morgan fingerprint density at radius 3 is 2.47 bits per heavy atom. The summed E-state index contributed by atoms with van der Waals surface area (Å²) < 4.78 is 5.22. The summed E-state index contributed by atoms with van der Waals surface area (Å²) in [5.41, 5.74) is 1.75. The van der Waals surface area contributed by atoms with Gasteiger partial charge in [0.15, 0.2) is 0 Å². The highest BCUT2D eigenvalue weighted by Gasteiger charge is 2.62. The predicted molar refractivity (Wildman–Crippen MR) is 151 cm³/mol. The Hall–Kier alpha value is -1.59. The van der Waals surface area contributed by atoms with E-state index in [1.807, 2.05) is 12.1 Å². The molecule has 5 rings (SSSR count). The summed E-state index contributed by atoms with van der Waals surface area (Å²) in [6.45, 7) is 8.04. The summed E-state index contributed by atoms with van der Waals surface area (Å²) >= 11 is 0. The third-order valence-corrected chi connectivity index (χ3v) is 12.1. The van der Waals surface area contributed by atoms with Gasteiger partial charge >= 0.3 is 0 Å². The Morgan fingerprint density at radius 2 is 1.74 bits per heavy atom. The van der Waals surface area contributed by atoms with Crippen LogP contribution in [-0.4, -0.2) is 42.0 Å². The fourth-order valence-electron chi connectivity index (χ4n) is 9.96. The lowest BCUT2D eigenvalue weighted by Gasteiger charge is -2.62. The zero-order valence-electron chi connectivity index (χ0n) is 24.1. The molecule has 4 fully saturated rings. The Bertz CT molecular complexity index is 964. The topological polar surface area (TPSA) is 78.8 Å². The van der Waals surface area contributed by atoms with Crippen LogP contribution in [0, 0.1) is 46.3 Å². The van der Waals surface area contributed by atoms with Crippen LogP contribution in [0.4, 0.5) is 0 Å². The second-order valence-electron chi connectivity index (χ2n) is 13.9. The third-order valence-electron chi connectivity index (χ3n) is 12.1. The molecule has 1 aromatic rings. The van der Waals surface area contributed by atoms with Crippen molar-refractivity contribution in [3.63, 3.8) is 0 Å². The number of aliphatic hydroxyl groups is 2. The number of benzene rings is 1. The first kappa shape index (κ1) is 28.0. The van der Waals surface area contributed by atoms with E-state index in [0.29, 0.717) is 48.5 Å². The van der Waals surface area contributed by atoms with Crippen molar-refractivity contribution in [1.82, 2.24) is 5.32 Å². The number of carbonyl (C=O) groups excluding carboxylic acids is 1. The molecule has 0 aromatic heterocycles. The lowest BCUT2D eigenvalue weighted by Crippen LogP contribution is -2.58. The van der Waals surface area contributed by atoms with Gasteiger partial charge in [0.2, 0.25) is 5.91 Å². The molecular weight excluding hydrogens is 474 g/mol. The van der Waals surface area contributed by atoms with Gasteiger partial charge in [-0.25, -0.2) is 0 Å². The van der Waals surface area contributed by atoms with E-state index in [0.717, 1.165) is 44.3 Å². The molecule has 10 atom stereocenters. The third kappa shape index (κ3) is 5.14. The van der Waals surface area contributed by atoms with Crippen molar-refractivity contribution < 1.29 is 19.7 Å². The number of fused-ring (bicyclic) bond motifs is 5. The molecule has 1 amide bonds. The number of methoxy groups -OCH3 is 1. The number of hydrogen-bond acceptors (Lipinski definition) is 4. The van der Waals surface area contributed by atoms with Crippen molar-refractivity contribution in [3.8, 4) is 5.75 Å². The van der Waals surface area contributed by atoms with Crippen molar-refractivity contribution in [2.45, 2.75) is 104 Å². The molecule has 3 N–H and O–H groups in total. The zero-order chi connectivity index (χ0) is 27.1. The highest BCUT2D eigenvalue weighted by molar-refractivity contribution is 5.75.